The minimum atomic E-state index is -4.59. The predicted octanol–water partition coefficient (Wildman–Crippen LogP) is 4.63. The van der Waals surface area contributed by atoms with Crippen molar-refractivity contribution < 1.29 is 18.0 Å². The van der Waals surface area contributed by atoms with Gasteiger partial charge in [0.25, 0.3) is 0 Å². The van der Waals surface area contributed by atoms with Crippen molar-refractivity contribution in [3.05, 3.63) is 53.5 Å². The Morgan fingerprint density at radius 2 is 1.62 bits per heavy atom. The van der Waals surface area contributed by atoms with Crippen LogP contribution in [0.1, 0.15) is 31.2 Å². The van der Waals surface area contributed by atoms with Crippen LogP contribution in [0.2, 0.25) is 0 Å². The van der Waals surface area contributed by atoms with Crippen molar-refractivity contribution in [2.24, 2.45) is 11.8 Å². The van der Waals surface area contributed by atoms with Crippen molar-refractivity contribution in [1.82, 2.24) is 15.2 Å². The lowest BCUT2D eigenvalue weighted by molar-refractivity contribution is -0.136. The Bertz CT molecular complexity index is 1190. The van der Waals surface area contributed by atoms with E-state index in [0.717, 1.165) is 56.9 Å². The molecule has 0 radical (unpaired) electrons. The zero-order valence-corrected chi connectivity index (χ0v) is 22.6. The van der Waals surface area contributed by atoms with Gasteiger partial charge in [-0.05, 0) is 55.9 Å². The van der Waals surface area contributed by atoms with Gasteiger partial charge >= 0.3 is 6.18 Å². The summed E-state index contributed by atoms with van der Waals surface area (Å²) in [7, 11) is 0. The number of anilines is 3. The van der Waals surface area contributed by atoms with Crippen molar-refractivity contribution in [3.63, 3.8) is 0 Å². The molecule has 1 amide bonds. The number of pyridine rings is 1. The first-order valence-electron chi connectivity index (χ1n) is 14.1. The number of piperazine rings is 1. The monoisotopic (exact) mass is 555 g/mol. The van der Waals surface area contributed by atoms with Crippen LogP contribution in [-0.4, -0.2) is 74.7 Å². The van der Waals surface area contributed by atoms with Crippen molar-refractivity contribution in [1.29, 1.82) is 0 Å². The van der Waals surface area contributed by atoms with E-state index in [1.165, 1.54) is 25.5 Å². The number of amides is 1. The topological polar surface area (TPSA) is 68.1 Å². The van der Waals surface area contributed by atoms with Gasteiger partial charge in [-0.3, -0.25) is 4.79 Å². The van der Waals surface area contributed by atoms with Gasteiger partial charge in [-0.1, -0.05) is 6.07 Å². The molecule has 4 heterocycles. The van der Waals surface area contributed by atoms with Crippen molar-refractivity contribution in [3.8, 4) is 0 Å². The van der Waals surface area contributed by atoms with E-state index in [1.54, 1.807) is 6.07 Å². The maximum absolute atomic E-state index is 13.4. The van der Waals surface area contributed by atoms with Gasteiger partial charge in [-0.25, -0.2) is 9.83 Å². The number of hydrogen-bond acceptors (Lipinski definition) is 6. The Balaban J connectivity index is 1.08. The Morgan fingerprint density at radius 1 is 0.975 bits per heavy atom. The molecule has 5 rings (SSSR count). The number of carbonyl (C=O) groups excluding carboxylic acids is 1. The molecule has 3 aliphatic rings. The van der Waals surface area contributed by atoms with E-state index < -0.39 is 17.4 Å². The SMILES string of the molecule is [C-]#[N+]c1ccc(N2CCC(C(=O)Nc3ccc(N4CCC(CN5CCNCC5)CC4)cn3)CC2)cc1C(F)(F)F. The summed E-state index contributed by atoms with van der Waals surface area (Å²) in [5, 5.41) is 6.32. The molecule has 0 unspecified atom stereocenters. The fourth-order valence-electron chi connectivity index (χ4n) is 5.95. The highest BCUT2D eigenvalue weighted by molar-refractivity contribution is 5.92. The van der Waals surface area contributed by atoms with E-state index in [1.807, 2.05) is 23.2 Å². The molecule has 3 fully saturated rings. The maximum Gasteiger partial charge on any atom is 0.407 e. The Labute approximate surface area is 233 Å². The minimum Gasteiger partial charge on any atom is -0.372 e. The van der Waals surface area contributed by atoms with Crippen LogP contribution in [0.5, 0.6) is 0 Å². The standard InChI is InChI=1S/C29H36F3N7O/c1-33-26-4-2-23(18-25(26)29(30,31)32)38-14-8-22(9-15-38)28(40)36-27-5-3-24(19-35-27)39-12-6-21(7-13-39)20-37-16-10-34-11-17-37/h2-5,18-19,21-22,34H,6-17,20H2,(H,35,36,40). The van der Waals surface area contributed by atoms with Gasteiger partial charge in [0.15, 0.2) is 5.69 Å². The number of benzene rings is 1. The number of halogens is 3. The molecule has 0 saturated carbocycles. The molecule has 2 N–H and O–H groups in total. The summed E-state index contributed by atoms with van der Waals surface area (Å²) in [5.41, 5.74) is 0.159. The number of alkyl halides is 3. The minimum absolute atomic E-state index is 0.118. The molecule has 8 nitrogen and oxygen atoms in total. The van der Waals surface area contributed by atoms with Gasteiger partial charge in [0.2, 0.25) is 5.91 Å². The van der Waals surface area contributed by atoms with Gasteiger partial charge in [-0.15, -0.1) is 0 Å². The Hall–Kier alpha value is -3.36. The smallest absolute Gasteiger partial charge is 0.372 e. The third-order valence-electron chi connectivity index (χ3n) is 8.34. The lowest BCUT2D eigenvalue weighted by atomic mass is 9.95. The molecule has 3 aliphatic heterocycles. The van der Waals surface area contributed by atoms with Gasteiger partial charge in [-0.2, -0.15) is 13.2 Å². The number of nitrogens with one attached hydrogen (secondary N) is 2. The lowest BCUT2D eigenvalue weighted by Gasteiger charge is -2.37. The zero-order chi connectivity index (χ0) is 28.1. The van der Waals surface area contributed by atoms with Crippen LogP contribution in [-0.2, 0) is 11.0 Å². The van der Waals surface area contributed by atoms with Gasteiger partial charge in [0, 0.05) is 70.5 Å². The van der Waals surface area contributed by atoms with Crippen molar-refractivity contribution >= 4 is 28.8 Å². The highest BCUT2D eigenvalue weighted by Gasteiger charge is 2.34. The molecular formula is C29H36F3N7O. The molecule has 0 bridgehead atoms. The van der Waals surface area contributed by atoms with E-state index >= 15 is 0 Å². The third kappa shape index (κ3) is 6.85. The number of hydrogen-bond donors (Lipinski definition) is 2. The first-order chi connectivity index (χ1) is 19.3. The molecule has 1 aromatic heterocycles. The zero-order valence-electron chi connectivity index (χ0n) is 22.6. The van der Waals surface area contributed by atoms with E-state index in [0.29, 0.717) is 37.4 Å². The number of aromatic nitrogens is 1. The van der Waals surface area contributed by atoms with E-state index in [2.05, 4.69) is 30.3 Å². The largest absolute Gasteiger partial charge is 0.407 e. The van der Waals surface area contributed by atoms with Crippen molar-refractivity contribution in [2.75, 3.05) is 74.0 Å². The molecule has 0 atom stereocenters. The van der Waals surface area contributed by atoms with Crippen molar-refractivity contribution in [2.45, 2.75) is 31.9 Å². The fourth-order valence-corrected chi connectivity index (χ4v) is 5.95. The summed E-state index contributed by atoms with van der Waals surface area (Å²) in [4.78, 5) is 27.1. The van der Waals surface area contributed by atoms with Crippen LogP contribution in [0, 0.1) is 18.4 Å². The van der Waals surface area contributed by atoms with E-state index in [9.17, 15) is 18.0 Å². The molecular weight excluding hydrogens is 519 g/mol. The molecule has 1 aromatic carbocycles. The van der Waals surface area contributed by atoms with E-state index in [-0.39, 0.29) is 11.8 Å². The van der Waals surface area contributed by atoms with Crippen LogP contribution >= 0.6 is 0 Å². The average molecular weight is 556 g/mol. The Morgan fingerprint density at radius 3 is 2.25 bits per heavy atom. The average Bonchev–Trinajstić information content (AvgIpc) is 2.98. The van der Waals surface area contributed by atoms with Gasteiger partial charge in [0.05, 0.1) is 24.0 Å². The van der Waals surface area contributed by atoms with Crippen LogP contribution < -0.4 is 20.4 Å². The quantitative estimate of drug-likeness (QED) is 0.507. The fraction of sp³-hybridized carbons (Fsp3) is 0.552. The first-order valence-corrected chi connectivity index (χ1v) is 14.1. The van der Waals surface area contributed by atoms with Crippen LogP contribution in [0.25, 0.3) is 4.85 Å². The summed E-state index contributed by atoms with van der Waals surface area (Å²) in [6.07, 6.45) is 0.625. The second-order valence-electron chi connectivity index (χ2n) is 10.9. The summed E-state index contributed by atoms with van der Waals surface area (Å²) in [5.74, 6) is 0.886. The lowest BCUT2D eigenvalue weighted by Crippen LogP contribution is -2.46. The highest BCUT2D eigenvalue weighted by Crippen LogP contribution is 2.39. The molecule has 40 heavy (non-hydrogen) atoms. The third-order valence-corrected chi connectivity index (χ3v) is 8.34. The van der Waals surface area contributed by atoms with E-state index in [4.69, 9.17) is 6.57 Å². The summed E-state index contributed by atoms with van der Waals surface area (Å²) in [6, 6.07) is 7.65. The van der Waals surface area contributed by atoms with Gasteiger partial charge in [0.1, 0.15) is 5.82 Å². The second kappa shape index (κ2) is 12.4. The van der Waals surface area contributed by atoms with Crippen LogP contribution in [0.15, 0.2) is 36.5 Å². The second-order valence-corrected chi connectivity index (χ2v) is 10.9. The summed E-state index contributed by atoms with van der Waals surface area (Å²) < 4.78 is 40.1. The molecule has 0 aliphatic carbocycles. The number of piperidine rings is 2. The predicted molar refractivity (Wildman–Crippen MR) is 150 cm³/mol. The molecule has 214 valence electrons. The highest BCUT2D eigenvalue weighted by atomic mass is 19.4. The maximum atomic E-state index is 13.4. The van der Waals surface area contributed by atoms with Crippen LogP contribution in [0.4, 0.5) is 36.1 Å². The Kier molecular flexibility index (Phi) is 8.76. The molecule has 3 saturated heterocycles. The number of rotatable bonds is 6. The summed E-state index contributed by atoms with van der Waals surface area (Å²) in [6.45, 7) is 15.6. The van der Waals surface area contributed by atoms with Crippen LogP contribution in [0.3, 0.4) is 0 Å². The summed E-state index contributed by atoms with van der Waals surface area (Å²) >= 11 is 0. The molecule has 0 spiro atoms. The van der Waals surface area contributed by atoms with Gasteiger partial charge < -0.3 is 25.3 Å². The normalized spacial score (nSPS) is 19.9. The molecule has 11 heteroatoms. The number of nitrogens with zero attached hydrogens (tertiary/aromatic N) is 5. The molecule has 2 aromatic rings. The first kappa shape index (κ1) is 28.2. The number of carbonyl (C=O) groups is 1.